The fraction of sp³-hybridized carbons (Fsp3) is 0.133. The van der Waals surface area contributed by atoms with Gasteiger partial charge in [0.25, 0.3) is 0 Å². The molecule has 5 heteroatoms. The minimum Gasteiger partial charge on any atom is -0.325 e. The van der Waals surface area contributed by atoms with Crippen molar-refractivity contribution in [1.82, 2.24) is 9.38 Å². The predicted molar refractivity (Wildman–Crippen MR) is 78.2 cm³/mol. The zero-order chi connectivity index (χ0) is 14.3. The standard InChI is InChI=1S/C15H13ClFN3/c1-9-6-10(2-4-12(9)16)15-13(7-18)20-8-11(17)3-5-14(20)19-15/h2-6,8H,7,18H2,1H3. The molecule has 0 radical (unpaired) electrons. The quantitative estimate of drug-likeness (QED) is 0.784. The van der Waals surface area contributed by atoms with Gasteiger partial charge in [0.2, 0.25) is 0 Å². The first-order valence-corrected chi connectivity index (χ1v) is 6.61. The third-order valence-electron chi connectivity index (χ3n) is 3.31. The number of imidazole rings is 1. The third-order valence-corrected chi connectivity index (χ3v) is 3.73. The Labute approximate surface area is 120 Å². The molecule has 0 aliphatic heterocycles. The van der Waals surface area contributed by atoms with E-state index in [-0.39, 0.29) is 12.4 Å². The van der Waals surface area contributed by atoms with Crippen LogP contribution in [0.4, 0.5) is 4.39 Å². The van der Waals surface area contributed by atoms with Gasteiger partial charge in [0.1, 0.15) is 11.5 Å². The van der Waals surface area contributed by atoms with Crippen LogP contribution in [0.1, 0.15) is 11.3 Å². The Balaban J connectivity index is 2.27. The number of aromatic nitrogens is 2. The average Bonchev–Trinajstić information content (AvgIpc) is 2.79. The summed E-state index contributed by atoms with van der Waals surface area (Å²) in [5, 5.41) is 0.706. The van der Waals surface area contributed by atoms with Gasteiger partial charge in [-0.25, -0.2) is 9.37 Å². The van der Waals surface area contributed by atoms with E-state index in [1.54, 1.807) is 10.5 Å². The average molecular weight is 290 g/mol. The number of rotatable bonds is 2. The lowest BCUT2D eigenvalue weighted by Crippen LogP contribution is -2.03. The molecule has 0 unspecified atom stereocenters. The first kappa shape index (κ1) is 13.1. The van der Waals surface area contributed by atoms with Crippen LogP contribution < -0.4 is 5.73 Å². The van der Waals surface area contributed by atoms with E-state index in [1.807, 2.05) is 25.1 Å². The molecule has 1 aromatic carbocycles. The van der Waals surface area contributed by atoms with Gasteiger partial charge in [0.05, 0.1) is 11.4 Å². The molecule has 2 aromatic heterocycles. The molecule has 3 rings (SSSR count). The van der Waals surface area contributed by atoms with E-state index in [0.717, 1.165) is 22.5 Å². The summed E-state index contributed by atoms with van der Waals surface area (Å²) >= 11 is 6.04. The number of pyridine rings is 1. The molecule has 0 aliphatic carbocycles. The first-order chi connectivity index (χ1) is 9.60. The van der Waals surface area contributed by atoms with E-state index in [1.165, 1.54) is 12.3 Å². The summed E-state index contributed by atoms with van der Waals surface area (Å²) in [6.07, 6.45) is 1.40. The topological polar surface area (TPSA) is 43.3 Å². The molecule has 0 amide bonds. The zero-order valence-electron chi connectivity index (χ0n) is 10.9. The summed E-state index contributed by atoms with van der Waals surface area (Å²) in [5.41, 5.74) is 9.92. The second kappa shape index (κ2) is 4.89. The van der Waals surface area contributed by atoms with Crippen molar-refractivity contribution in [2.75, 3.05) is 0 Å². The SMILES string of the molecule is Cc1cc(-c2nc3ccc(F)cn3c2CN)ccc1Cl. The molecule has 3 aromatic rings. The van der Waals surface area contributed by atoms with Crippen molar-refractivity contribution in [2.24, 2.45) is 5.73 Å². The molecule has 2 N–H and O–H groups in total. The summed E-state index contributed by atoms with van der Waals surface area (Å²) in [6, 6.07) is 8.71. The molecule has 102 valence electrons. The van der Waals surface area contributed by atoms with Crippen LogP contribution in [0, 0.1) is 12.7 Å². The molecule has 0 bridgehead atoms. The molecular formula is C15H13ClFN3. The molecule has 2 heterocycles. The van der Waals surface area contributed by atoms with Gasteiger partial charge in [0, 0.05) is 23.3 Å². The van der Waals surface area contributed by atoms with Crippen LogP contribution in [-0.4, -0.2) is 9.38 Å². The van der Waals surface area contributed by atoms with Crippen LogP contribution in [0.15, 0.2) is 36.5 Å². The van der Waals surface area contributed by atoms with Gasteiger partial charge in [-0.05, 0) is 36.8 Å². The summed E-state index contributed by atoms with van der Waals surface area (Å²) < 4.78 is 15.1. The van der Waals surface area contributed by atoms with Crippen molar-refractivity contribution in [3.05, 3.63) is 58.6 Å². The molecular weight excluding hydrogens is 277 g/mol. The Hall–Kier alpha value is -1.91. The van der Waals surface area contributed by atoms with E-state index >= 15 is 0 Å². The lowest BCUT2D eigenvalue weighted by molar-refractivity contribution is 0.618. The Morgan fingerprint density at radius 2 is 2.10 bits per heavy atom. The number of aryl methyl sites for hydroxylation is 1. The Bertz CT molecular complexity index is 795. The van der Waals surface area contributed by atoms with Crippen LogP contribution in [0.5, 0.6) is 0 Å². The summed E-state index contributed by atoms with van der Waals surface area (Å²) in [7, 11) is 0. The van der Waals surface area contributed by atoms with E-state index in [0.29, 0.717) is 10.7 Å². The summed E-state index contributed by atoms with van der Waals surface area (Å²) in [6.45, 7) is 2.21. The molecule has 0 spiro atoms. The van der Waals surface area contributed by atoms with E-state index in [2.05, 4.69) is 4.98 Å². The highest BCUT2D eigenvalue weighted by molar-refractivity contribution is 6.31. The van der Waals surface area contributed by atoms with Crippen molar-refractivity contribution in [3.8, 4) is 11.3 Å². The molecule has 0 saturated carbocycles. The largest absolute Gasteiger partial charge is 0.325 e. The predicted octanol–water partition coefficient (Wildman–Crippen LogP) is 3.56. The van der Waals surface area contributed by atoms with Crippen LogP contribution in [0.2, 0.25) is 5.02 Å². The molecule has 0 aliphatic rings. The Morgan fingerprint density at radius 1 is 1.30 bits per heavy atom. The fourth-order valence-corrected chi connectivity index (χ4v) is 2.40. The highest BCUT2D eigenvalue weighted by Gasteiger charge is 2.13. The van der Waals surface area contributed by atoms with Crippen LogP contribution >= 0.6 is 11.6 Å². The lowest BCUT2D eigenvalue weighted by Gasteiger charge is -2.04. The zero-order valence-corrected chi connectivity index (χ0v) is 11.7. The van der Waals surface area contributed by atoms with Crippen LogP contribution in [0.25, 0.3) is 16.9 Å². The maximum Gasteiger partial charge on any atom is 0.139 e. The number of nitrogens with zero attached hydrogens (tertiary/aromatic N) is 2. The lowest BCUT2D eigenvalue weighted by atomic mass is 10.1. The van der Waals surface area contributed by atoms with Crippen molar-refractivity contribution in [1.29, 1.82) is 0 Å². The molecule has 0 saturated heterocycles. The molecule has 0 fully saturated rings. The highest BCUT2D eigenvalue weighted by atomic mass is 35.5. The van der Waals surface area contributed by atoms with Gasteiger partial charge in [-0.15, -0.1) is 0 Å². The first-order valence-electron chi connectivity index (χ1n) is 6.23. The van der Waals surface area contributed by atoms with Crippen LogP contribution in [0.3, 0.4) is 0 Å². The van der Waals surface area contributed by atoms with Gasteiger partial charge in [-0.2, -0.15) is 0 Å². The second-order valence-corrected chi connectivity index (χ2v) is 5.06. The maximum atomic E-state index is 13.4. The molecule has 3 nitrogen and oxygen atoms in total. The van der Waals surface area contributed by atoms with E-state index in [9.17, 15) is 4.39 Å². The maximum absolute atomic E-state index is 13.4. The summed E-state index contributed by atoms with van der Waals surface area (Å²) in [4.78, 5) is 4.54. The summed E-state index contributed by atoms with van der Waals surface area (Å²) in [5.74, 6) is -0.316. The molecule has 20 heavy (non-hydrogen) atoms. The Kier molecular flexibility index (Phi) is 3.20. The van der Waals surface area contributed by atoms with Gasteiger partial charge in [-0.1, -0.05) is 17.7 Å². The number of halogens is 2. The number of hydrogen-bond acceptors (Lipinski definition) is 2. The second-order valence-electron chi connectivity index (χ2n) is 4.65. The van der Waals surface area contributed by atoms with E-state index in [4.69, 9.17) is 17.3 Å². The number of hydrogen-bond donors (Lipinski definition) is 1. The highest BCUT2D eigenvalue weighted by Crippen LogP contribution is 2.27. The van der Waals surface area contributed by atoms with Crippen molar-refractivity contribution >= 4 is 17.2 Å². The molecule has 0 atom stereocenters. The minimum atomic E-state index is -0.316. The fourth-order valence-electron chi connectivity index (χ4n) is 2.29. The normalized spacial score (nSPS) is 11.2. The van der Waals surface area contributed by atoms with Crippen molar-refractivity contribution in [2.45, 2.75) is 13.5 Å². The number of benzene rings is 1. The van der Waals surface area contributed by atoms with Crippen molar-refractivity contribution in [3.63, 3.8) is 0 Å². The van der Waals surface area contributed by atoms with Crippen molar-refractivity contribution < 1.29 is 4.39 Å². The third kappa shape index (κ3) is 2.07. The smallest absolute Gasteiger partial charge is 0.139 e. The number of nitrogens with two attached hydrogens (primary N) is 1. The van der Waals surface area contributed by atoms with E-state index < -0.39 is 0 Å². The van der Waals surface area contributed by atoms with Crippen LogP contribution in [-0.2, 0) is 6.54 Å². The van der Waals surface area contributed by atoms with Gasteiger partial charge < -0.3 is 5.73 Å². The van der Waals surface area contributed by atoms with Gasteiger partial charge in [0.15, 0.2) is 0 Å². The Morgan fingerprint density at radius 3 is 2.80 bits per heavy atom. The monoisotopic (exact) mass is 289 g/mol. The van der Waals surface area contributed by atoms with Gasteiger partial charge in [-0.3, -0.25) is 4.40 Å². The minimum absolute atomic E-state index is 0.279. The van der Waals surface area contributed by atoms with Gasteiger partial charge >= 0.3 is 0 Å². The number of fused-ring (bicyclic) bond motifs is 1.